The Balaban J connectivity index is 1.38. The van der Waals surface area contributed by atoms with E-state index in [1.165, 1.54) is 11.1 Å². The molecule has 0 aliphatic carbocycles. The lowest BCUT2D eigenvalue weighted by molar-refractivity contribution is -0.119. The zero-order valence-electron chi connectivity index (χ0n) is 18.0. The lowest BCUT2D eigenvalue weighted by atomic mass is 9.90. The standard InChI is InChI=1S/C24H28N6O2/c31-22-13-12-17-7-4-5-11-20(17)30(22)16-25-19-10-6-14-29(15-21-26-24(32)28-27-21)23(19)18-8-2-1-3-9-18/h1-5,7-9,11,19,23,25H,6,10,12-16H2,(H2,26,27,28,32). The van der Waals surface area contributed by atoms with Crippen LogP contribution in [0, 0.1) is 0 Å². The lowest BCUT2D eigenvalue weighted by Gasteiger charge is -2.42. The first-order valence-electron chi connectivity index (χ1n) is 11.2. The van der Waals surface area contributed by atoms with E-state index in [1.54, 1.807) is 0 Å². The predicted octanol–water partition coefficient (Wildman–Crippen LogP) is 2.33. The van der Waals surface area contributed by atoms with Crippen molar-refractivity contribution in [2.45, 2.75) is 44.3 Å². The van der Waals surface area contributed by atoms with Crippen molar-refractivity contribution in [1.82, 2.24) is 25.4 Å². The number of aromatic nitrogens is 3. The number of hydrogen-bond acceptors (Lipinski definition) is 5. The number of piperidine rings is 1. The van der Waals surface area contributed by atoms with Crippen molar-refractivity contribution < 1.29 is 4.79 Å². The zero-order chi connectivity index (χ0) is 21.9. The molecule has 0 spiro atoms. The summed E-state index contributed by atoms with van der Waals surface area (Å²) in [6, 6.07) is 18.9. The molecule has 166 valence electrons. The van der Waals surface area contributed by atoms with Gasteiger partial charge in [0, 0.05) is 18.2 Å². The van der Waals surface area contributed by atoms with Crippen molar-refractivity contribution in [3.63, 3.8) is 0 Å². The van der Waals surface area contributed by atoms with Gasteiger partial charge in [-0.1, -0.05) is 48.5 Å². The van der Waals surface area contributed by atoms with Crippen LogP contribution in [0.5, 0.6) is 0 Å². The van der Waals surface area contributed by atoms with E-state index in [-0.39, 0.29) is 23.7 Å². The van der Waals surface area contributed by atoms with Gasteiger partial charge in [-0.25, -0.2) is 9.89 Å². The van der Waals surface area contributed by atoms with Crippen molar-refractivity contribution in [2.24, 2.45) is 0 Å². The van der Waals surface area contributed by atoms with E-state index in [1.807, 2.05) is 29.2 Å². The number of nitrogens with zero attached hydrogens (tertiary/aromatic N) is 3. The fraction of sp³-hybridized carbons (Fsp3) is 0.375. The summed E-state index contributed by atoms with van der Waals surface area (Å²) in [5, 5.41) is 10.3. The highest BCUT2D eigenvalue weighted by Gasteiger charge is 2.34. The van der Waals surface area contributed by atoms with Crippen LogP contribution in [0.15, 0.2) is 59.4 Å². The molecular weight excluding hydrogens is 404 g/mol. The molecule has 2 aliphatic heterocycles. The second-order valence-electron chi connectivity index (χ2n) is 8.51. The fourth-order valence-electron chi connectivity index (χ4n) is 5.00. The first-order valence-corrected chi connectivity index (χ1v) is 11.2. The molecule has 32 heavy (non-hydrogen) atoms. The summed E-state index contributed by atoms with van der Waals surface area (Å²) in [6.07, 6.45) is 3.39. The molecule has 0 bridgehead atoms. The number of nitrogens with one attached hydrogen (secondary N) is 3. The summed E-state index contributed by atoms with van der Waals surface area (Å²) < 4.78 is 0. The van der Waals surface area contributed by atoms with E-state index in [2.05, 4.69) is 55.7 Å². The summed E-state index contributed by atoms with van der Waals surface area (Å²) in [7, 11) is 0. The van der Waals surface area contributed by atoms with Crippen LogP contribution in [-0.4, -0.2) is 45.2 Å². The molecule has 5 rings (SSSR count). The molecule has 1 amide bonds. The number of anilines is 1. The van der Waals surface area contributed by atoms with E-state index in [4.69, 9.17) is 0 Å². The normalized spacial score (nSPS) is 21.5. The summed E-state index contributed by atoms with van der Waals surface area (Å²) in [5.74, 6) is 0.797. The van der Waals surface area contributed by atoms with Gasteiger partial charge >= 0.3 is 5.69 Å². The van der Waals surface area contributed by atoms with E-state index >= 15 is 0 Å². The molecule has 3 heterocycles. The largest absolute Gasteiger partial charge is 0.340 e. The molecule has 1 aromatic heterocycles. The number of hydrogen-bond donors (Lipinski definition) is 3. The number of aryl methyl sites for hydroxylation is 1. The molecule has 8 heteroatoms. The summed E-state index contributed by atoms with van der Waals surface area (Å²) in [6.45, 7) is 1.96. The van der Waals surface area contributed by atoms with Crippen molar-refractivity contribution in [1.29, 1.82) is 0 Å². The quantitative estimate of drug-likeness (QED) is 0.556. The van der Waals surface area contributed by atoms with Gasteiger partial charge < -0.3 is 0 Å². The van der Waals surface area contributed by atoms with Crippen molar-refractivity contribution in [3.05, 3.63) is 82.0 Å². The third-order valence-electron chi connectivity index (χ3n) is 6.48. The van der Waals surface area contributed by atoms with Crippen LogP contribution in [0.4, 0.5) is 5.69 Å². The van der Waals surface area contributed by atoms with Crippen molar-refractivity contribution in [3.8, 4) is 0 Å². The first kappa shape index (κ1) is 20.7. The van der Waals surface area contributed by atoms with Gasteiger partial charge in [-0.2, -0.15) is 5.10 Å². The molecule has 3 N–H and O–H groups in total. The van der Waals surface area contributed by atoms with E-state index in [0.29, 0.717) is 25.5 Å². The summed E-state index contributed by atoms with van der Waals surface area (Å²) in [5.41, 5.74) is 3.16. The maximum Gasteiger partial charge on any atom is 0.340 e. The van der Waals surface area contributed by atoms with Crippen LogP contribution in [0.1, 0.15) is 42.3 Å². The van der Waals surface area contributed by atoms with Gasteiger partial charge in [0.2, 0.25) is 5.91 Å². The third-order valence-corrected chi connectivity index (χ3v) is 6.48. The van der Waals surface area contributed by atoms with Gasteiger partial charge in [-0.15, -0.1) is 0 Å². The van der Waals surface area contributed by atoms with Crippen molar-refractivity contribution >= 4 is 11.6 Å². The number of amides is 1. The predicted molar refractivity (Wildman–Crippen MR) is 122 cm³/mol. The molecule has 0 saturated carbocycles. The Labute approximate surface area is 186 Å². The number of H-pyrrole nitrogens is 2. The smallest absolute Gasteiger partial charge is 0.299 e. The molecule has 8 nitrogen and oxygen atoms in total. The van der Waals surface area contributed by atoms with E-state index in [9.17, 15) is 9.59 Å². The minimum Gasteiger partial charge on any atom is -0.299 e. The highest BCUT2D eigenvalue weighted by molar-refractivity contribution is 5.96. The number of carbonyl (C=O) groups is 1. The van der Waals surface area contributed by atoms with Crippen LogP contribution in [0.3, 0.4) is 0 Å². The molecule has 2 aliphatic rings. The lowest BCUT2D eigenvalue weighted by Crippen LogP contribution is -2.52. The second-order valence-corrected chi connectivity index (χ2v) is 8.51. The number of carbonyl (C=O) groups excluding carboxylic acids is 1. The van der Waals surface area contributed by atoms with Gasteiger partial charge in [0.05, 0.1) is 19.3 Å². The van der Waals surface area contributed by atoms with Gasteiger partial charge in [-0.3, -0.25) is 24.9 Å². The summed E-state index contributed by atoms with van der Waals surface area (Å²) >= 11 is 0. The van der Waals surface area contributed by atoms with Gasteiger partial charge in [0.15, 0.2) is 0 Å². The zero-order valence-corrected chi connectivity index (χ0v) is 18.0. The molecule has 0 radical (unpaired) electrons. The Morgan fingerprint density at radius 2 is 1.84 bits per heavy atom. The van der Waals surface area contributed by atoms with Crippen molar-refractivity contribution in [2.75, 3.05) is 18.1 Å². The second kappa shape index (κ2) is 9.10. The number of benzene rings is 2. The summed E-state index contributed by atoms with van der Waals surface area (Å²) in [4.78, 5) is 31.2. The van der Waals surface area contributed by atoms with Gasteiger partial charge in [0.25, 0.3) is 0 Å². The van der Waals surface area contributed by atoms with Crippen LogP contribution in [0.25, 0.3) is 0 Å². The highest BCUT2D eigenvalue weighted by atomic mass is 16.2. The van der Waals surface area contributed by atoms with Gasteiger partial charge in [0.1, 0.15) is 5.82 Å². The van der Waals surface area contributed by atoms with Crippen LogP contribution in [0.2, 0.25) is 0 Å². The Kier molecular flexibility index (Phi) is 5.87. The Morgan fingerprint density at radius 1 is 1.03 bits per heavy atom. The SMILES string of the molecule is O=C1CCc2ccccc2N1CNC1CCCN(Cc2n[nH]c(=O)[nH]2)C1c1ccccc1. The maximum atomic E-state index is 12.7. The highest BCUT2D eigenvalue weighted by Crippen LogP contribution is 2.33. The molecule has 2 unspecified atom stereocenters. The number of rotatable bonds is 6. The van der Waals surface area contributed by atoms with Crippen LogP contribution < -0.4 is 15.9 Å². The fourth-order valence-corrected chi connectivity index (χ4v) is 5.00. The minimum atomic E-state index is -0.287. The molecule has 2 atom stereocenters. The molecule has 2 aromatic carbocycles. The Bertz CT molecular complexity index is 1120. The average Bonchev–Trinajstić information content (AvgIpc) is 3.23. The topological polar surface area (TPSA) is 97.1 Å². The van der Waals surface area contributed by atoms with E-state index < -0.39 is 0 Å². The minimum absolute atomic E-state index is 0.111. The maximum absolute atomic E-state index is 12.7. The molecular formula is C24H28N6O2. The number of aromatic amines is 2. The van der Waals surface area contributed by atoms with E-state index in [0.717, 1.165) is 31.5 Å². The first-order chi connectivity index (χ1) is 15.7. The Morgan fingerprint density at radius 3 is 2.66 bits per heavy atom. The van der Waals surface area contributed by atoms with Crippen LogP contribution >= 0.6 is 0 Å². The van der Waals surface area contributed by atoms with Gasteiger partial charge in [-0.05, 0) is 43.0 Å². The monoisotopic (exact) mass is 432 g/mol. The Hall–Kier alpha value is -3.23. The third kappa shape index (κ3) is 4.24. The average molecular weight is 433 g/mol. The molecule has 3 aromatic rings. The van der Waals surface area contributed by atoms with Crippen LogP contribution in [-0.2, 0) is 17.8 Å². The molecule has 1 saturated heterocycles. The molecule has 1 fully saturated rings. The number of fused-ring (bicyclic) bond motifs is 1. The number of para-hydroxylation sites is 1. The number of likely N-dealkylation sites (tertiary alicyclic amines) is 1.